The number of fused-ring (bicyclic) bond motifs is 1. The largest absolute Gasteiger partial charge is 0.453 e. The van der Waals surface area contributed by atoms with Gasteiger partial charge in [-0.05, 0) is 43.3 Å². The Bertz CT molecular complexity index is 1190. The van der Waals surface area contributed by atoms with Crippen molar-refractivity contribution in [3.05, 3.63) is 58.6 Å². The fourth-order valence-electron chi connectivity index (χ4n) is 2.87. The molecule has 0 aliphatic rings. The molecule has 0 saturated carbocycles. The number of rotatable bonds is 6. The van der Waals surface area contributed by atoms with Crippen molar-refractivity contribution in [1.29, 1.82) is 0 Å². The van der Waals surface area contributed by atoms with E-state index in [1.165, 1.54) is 11.8 Å². The number of hydrogen-bond acceptors (Lipinski definition) is 5. The number of amides is 1. The van der Waals surface area contributed by atoms with Crippen molar-refractivity contribution in [3.63, 3.8) is 0 Å². The van der Waals surface area contributed by atoms with E-state index in [-0.39, 0.29) is 11.7 Å². The van der Waals surface area contributed by atoms with E-state index in [0.29, 0.717) is 39.0 Å². The topological polar surface area (TPSA) is 73.0 Å². The minimum absolute atomic E-state index is 0.173. The van der Waals surface area contributed by atoms with Crippen LogP contribution in [0, 0.1) is 0 Å². The Kier molecular flexibility index (Phi) is 5.80. The van der Waals surface area contributed by atoms with Gasteiger partial charge >= 0.3 is 0 Å². The summed E-state index contributed by atoms with van der Waals surface area (Å²) >= 11 is 13.4. The highest BCUT2D eigenvalue weighted by atomic mass is 35.5. The second-order valence-electron chi connectivity index (χ2n) is 6.16. The lowest BCUT2D eigenvalue weighted by Gasteiger charge is -2.07. The first-order valence-corrected chi connectivity index (χ1v) is 10.6. The van der Waals surface area contributed by atoms with Crippen molar-refractivity contribution < 1.29 is 9.21 Å². The molecule has 0 aliphatic carbocycles. The maximum Gasteiger partial charge on any atom is 0.234 e. The Balaban J connectivity index is 1.51. The molecule has 4 aromatic rings. The average Bonchev–Trinajstić information content (AvgIpc) is 3.31. The van der Waals surface area contributed by atoms with Crippen molar-refractivity contribution in [2.75, 3.05) is 11.1 Å². The van der Waals surface area contributed by atoms with E-state index in [9.17, 15) is 4.79 Å². The molecule has 0 spiro atoms. The summed E-state index contributed by atoms with van der Waals surface area (Å²) in [5.74, 6) is 1.21. The number of carbonyl (C=O) groups excluding carboxylic acids is 1. The highest BCUT2D eigenvalue weighted by Gasteiger charge is 2.18. The molecule has 2 aromatic carbocycles. The fraction of sp³-hybridized carbons (Fsp3) is 0.150. The molecular formula is C20H16Cl2N4O2S. The van der Waals surface area contributed by atoms with Crippen molar-refractivity contribution in [2.45, 2.75) is 18.6 Å². The number of nitrogens with zero attached hydrogens (tertiary/aromatic N) is 3. The van der Waals surface area contributed by atoms with Crippen LogP contribution in [-0.4, -0.2) is 26.4 Å². The van der Waals surface area contributed by atoms with Crippen LogP contribution in [0.15, 0.2) is 58.1 Å². The molecule has 6 nitrogen and oxygen atoms in total. The molecule has 0 atom stereocenters. The van der Waals surface area contributed by atoms with Gasteiger partial charge < -0.3 is 9.73 Å². The standard InChI is InChI=1S/C20H16Cl2N4O2S/c1-2-26-19(17-10-12-9-13(21)7-8-16(12)28-17)24-25-20(26)29-11-18(27)23-15-6-4-3-5-14(15)22/h3-10H,2,11H2,1H3,(H,23,27). The zero-order valence-electron chi connectivity index (χ0n) is 15.4. The molecule has 148 valence electrons. The number of anilines is 1. The van der Waals surface area contributed by atoms with Gasteiger partial charge in [0.15, 0.2) is 10.9 Å². The Labute approximate surface area is 181 Å². The van der Waals surface area contributed by atoms with Crippen LogP contribution in [-0.2, 0) is 11.3 Å². The SMILES string of the molecule is CCn1c(SCC(=O)Nc2ccccc2Cl)nnc1-c1cc2cc(Cl)ccc2o1. The van der Waals surface area contributed by atoms with Gasteiger partial charge in [0.05, 0.1) is 16.5 Å². The van der Waals surface area contributed by atoms with Gasteiger partial charge in [0.1, 0.15) is 5.58 Å². The van der Waals surface area contributed by atoms with Crippen molar-refractivity contribution in [3.8, 4) is 11.6 Å². The van der Waals surface area contributed by atoms with Crippen LogP contribution in [0.1, 0.15) is 6.92 Å². The Hall–Kier alpha value is -2.48. The van der Waals surface area contributed by atoms with E-state index in [2.05, 4.69) is 15.5 Å². The molecule has 29 heavy (non-hydrogen) atoms. The lowest BCUT2D eigenvalue weighted by atomic mass is 10.2. The first kappa shape index (κ1) is 19.8. The predicted molar refractivity (Wildman–Crippen MR) is 117 cm³/mol. The minimum atomic E-state index is -0.173. The van der Waals surface area contributed by atoms with Crippen LogP contribution < -0.4 is 5.32 Å². The van der Waals surface area contributed by atoms with Crippen LogP contribution in [0.25, 0.3) is 22.6 Å². The highest BCUT2D eigenvalue weighted by molar-refractivity contribution is 7.99. The first-order valence-electron chi connectivity index (χ1n) is 8.85. The molecule has 0 bridgehead atoms. The van der Waals surface area contributed by atoms with Gasteiger partial charge in [-0.2, -0.15) is 0 Å². The van der Waals surface area contributed by atoms with Gasteiger partial charge in [-0.1, -0.05) is 47.1 Å². The van der Waals surface area contributed by atoms with E-state index in [0.717, 1.165) is 11.0 Å². The first-order chi connectivity index (χ1) is 14.0. The molecule has 4 rings (SSSR count). The van der Waals surface area contributed by atoms with Gasteiger partial charge in [0, 0.05) is 17.0 Å². The molecule has 9 heteroatoms. The Morgan fingerprint density at radius 3 is 2.79 bits per heavy atom. The zero-order valence-corrected chi connectivity index (χ0v) is 17.7. The molecule has 0 saturated heterocycles. The summed E-state index contributed by atoms with van der Waals surface area (Å²) < 4.78 is 7.81. The van der Waals surface area contributed by atoms with Gasteiger partial charge in [0.25, 0.3) is 0 Å². The molecule has 1 N–H and O–H groups in total. The summed E-state index contributed by atoms with van der Waals surface area (Å²) in [6.45, 7) is 2.62. The van der Waals surface area contributed by atoms with Gasteiger partial charge in [-0.3, -0.25) is 9.36 Å². The smallest absolute Gasteiger partial charge is 0.234 e. The minimum Gasteiger partial charge on any atom is -0.453 e. The number of hydrogen-bond donors (Lipinski definition) is 1. The zero-order chi connectivity index (χ0) is 20.4. The van der Waals surface area contributed by atoms with Crippen LogP contribution >= 0.6 is 35.0 Å². The maximum absolute atomic E-state index is 12.3. The number of benzene rings is 2. The molecule has 0 unspecified atom stereocenters. The lowest BCUT2D eigenvalue weighted by Crippen LogP contribution is -2.14. The van der Waals surface area contributed by atoms with Crippen molar-refractivity contribution in [2.24, 2.45) is 0 Å². The summed E-state index contributed by atoms with van der Waals surface area (Å²) in [5.41, 5.74) is 1.31. The summed E-state index contributed by atoms with van der Waals surface area (Å²) in [6.07, 6.45) is 0. The molecule has 0 aliphatic heterocycles. The fourth-order valence-corrected chi connectivity index (χ4v) is 4.03. The van der Waals surface area contributed by atoms with E-state index in [1.807, 2.05) is 41.8 Å². The number of aromatic nitrogens is 3. The quantitative estimate of drug-likeness (QED) is 0.381. The maximum atomic E-state index is 12.3. The summed E-state index contributed by atoms with van der Waals surface area (Å²) in [4.78, 5) is 12.3. The van der Waals surface area contributed by atoms with Crippen LogP contribution in [0.5, 0.6) is 0 Å². The van der Waals surface area contributed by atoms with E-state index in [1.54, 1.807) is 18.2 Å². The summed E-state index contributed by atoms with van der Waals surface area (Å²) in [5, 5.41) is 14.0. The second-order valence-corrected chi connectivity index (χ2v) is 7.95. The normalized spacial score (nSPS) is 11.1. The lowest BCUT2D eigenvalue weighted by molar-refractivity contribution is -0.113. The van der Waals surface area contributed by atoms with Crippen molar-refractivity contribution in [1.82, 2.24) is 14.8 Å². The number of halogens is 2. The Morgan fingerprint density at radius 2 is 2.00 bits per heavy atom. The number of thioether (sulfide) groups is 1. The third-order valence-electron chi connectivity index (χ3n) is 4.21. The monoisotopic (exact) mass is 446 g/mol. The predicted octanol–water partition coefficient (Wildman–Crippen LogP) is 5.75. The molecule has 0 fully saturated rings. The number of nitrogens with one attached hydrogen (secondary N) is 1. The molecule has 0 radical (unpaired) electrons. The van der Waals surface area contributed by atoms with Gasteiger partial charge in [0.2, 0.25) is 11.7 Å². The number of para-hydroxylation sites is 1. The van der Waals surface area contributed by atoms with Gasteiger partial charge in [-0.15, -0.1) is 10.2 Å². The Morgan fingerprint density at radius 1 is 1.17 bits per heavy atom. The summed E-state index contributed by atoms with van der Waals surface area (Å²) in [7, 11) is 0. The van der Waals surface area contributed by atoms with Crippen LogP contribution in [0.2, 0.25) is 10.0 Å². The van der Waals surface area contributed by atoms with Gasteiger partial charge in [-0.25, -0.2) is 0 Å². The molecule has 2 heterocycles. The summed E-state index contributed by atoms with van der Waals surface area (Å²) in [6, 6.07) is 14.4. The number of furan rings is 1. The van der Waals surface area contributed by atoms with Crippen molar-refractivity contribution >= 4 is 57.5 Å². The van der Waals surface area contributed by atoms with Crippen LogP contribution in [0.3, 0.4) is 0 Å². The third-order valence-corrected chi connectivity index (χ3v) is 5.74. The molecule has 2 aromatic heterocycles. The average molecular weight is 447 g/mol. The molecule has 1 amide bonds. The molecular weight excluding hydrogens is 431 g/mol. The van der Waals surface area contributed by atoms with E-state index < -0.39 is 0 Å². The third kappa shape index (κ3) is 4.27. The van der Waals surface area contributed by atoms with Crippen LogP contribution in [0.4, 0.5) is 5.69 Å². The second kappa shape index (κ2) is 8.49. The number of carbonyl (C=O) groups is 1. The van der Waals surface area contributed by atoms with E-state index in [4.69, 9.17) is 27.6 Å². The van der Waals surface area contributed by atoms with E-state index >= 15 is 0 Å². The highest BCUT2D eigenvalue weighted by Crippen LogP contribution is 2.30.